The van der Waals surface area contributed by atoms with Crippen LogP contribution >= 0.6 is 0 Å². The Kier molecular flexibility index (Phi) is 3.28. The van der Waals surface area contributed by atoms with Gasteiger partial charge in [0.05, 0.1) is 5.69 Å². The molecule has 8 heteroatoms. The summed E-state index contributed by atoms with van der Waals surface area (Å²) in [5, 5.41) is 10.3. The Hall–Kier alpha value is -2.51. The van der Waals surface area contributed by atoms with Crippen molar-refractivity contribution in [1.29, 1.82) is 0 Å². The number of nitrogens with one attached hydrogen (secondary N) is 1. The van der Waals surface area contributed by atoms with Crippen LogP contribution in [-0.2, 0) is 0 Å². The lowest BCUT2D eigenvalue weighted by atomic mass is 10.2. The third-order valence-corrected chi connectivity index (χ3v) is 3.33. The van der Waals surface area contributed by atoms with Crippen LogP contribution in [0.5, 0.6) is 0 Å². The molecule has 1 fully saturated rings. The highest BCUT2D eigenvalue weighted by Crippen LogP contribution is 2.12. The van der Waals surface area contributed by atoms with Gasteiger partial charge in [0.2, 0.25) is 5.95 Å². The molecule has 0 aromatic carbocycles. The van der Waals surface area contributed by atoms with Crippen LogP contribution in [0.2, 0.25) is 0 Å². The fourth-order valence-electron chi connectivity index (χ4n) is 2.20. The minimum absolute atomic E-state index is 0.0788. The number of carbonyl (C=O) groups is 1. The van der Waals surface area contributed by atoms with E-state index >= 15 is 0 Å². The van der Waals surface area contributed by atoms with Gasteiger partial charge in [-0.3, -0.25) is 4.79 Å². The lowest BCUT2D eigenvalue weighted by Gasteiger charge is -2.34. The summed E-state index contributed by atoms with van der Waals surface area (Å²) in [4.78, 5) is 24.6. The minimum atomic E-state index is -0.0788. The van der Waals surface area contributed by atoms with Crippen LogP contribution in [0.15, 0.2) is 18.5 Å². The number of amides is 1. The zero-order valence-electron chi connectivity index (χ0n) is 11.2. The van der Waals surface area contributed by atoms with Gasteiger partial charge in [-0.1, -0.05) is 0 Å². The molecule has 2 aromatic rings. The van der Waals surface area contributed by atoms with Gasteiger partial charge >= 0.3 is 0 Å². The number of rotatable bonds is 2. The first-order chi connectivity index (χ1) is 9.75. The molecule has 1 amide bonds. The van der Waals surface area contributed by atoms with Crippen LogP contribution in [0.25, 0.3) is 0 Å². The maximum Gasteiger partial charge on any atom is 0.276 e. The predicted octanol–water partition coefficient (Wildman–Crippen LogP) is -0.134. The maximum atomic E-state index is 12.3. The summed E-state index contributed by atoms with van der Waals surface area (Å²) in [7, 11) is 0. The quantitative estimate of drug-likeness (QED) is 0.819. The van der Waals surface area contributed by atoms with Crippen molar-refractivity contribution in [3.05, 3.63) is 29.8 Å². The average molecular weight is 273 g/mol. The molecule has 1 aliphatic rings. The normalized spacial score (nSPS) is 15.4. The van der Waals surface area contributed by atoms with Gasteiger partial charge in [-0.2, -0.15) is 15.4 Å². The number of hydrogen-bond acceptors (Lipinski definition) is 6. The van der Waals surface area contributed by atoms with E-state index in [1.165, 1.54) is 0 Å². The highest BCUT2D eigenvalue weighted by Gasteiger charge is 2.25. The lowest BCUT2D eigenvalue weighted by molar-refractivity contribution is 0.0739. The molecule has 8 nitrogen and oxygen atoms in total. The zero-order valence-corrected chi connectivity index (χ0v) is 11.2. The molecular weight excluding hydrogens is 258 g/mol. The first kappa shape index (κ1) is 12.5. The number of aromatic nitrogens is 5. The maximum absolute atomic E-state index is 12.3. The number of anilines is 1. The second-order valence-electron chi connectivity index (χ2n) is 4.59. The van der Waals surface area contributed by atoms with E-state index in [1.54, 1.807) is 30.3 Å². The van der Waals surface area contributed by atoms with Crippen LogP contribution in [-0.4, -0.2) is 62.4 Å². The van der Waals surface area contributed by atoms with Gasteiger partial charge in [-0.25, -0.2) is 9.97 Å². The molecule has 0 unspecified atom stereocenters. The summed E-state index contributed by atoms with van der Waals surface area (Å²) in [5.74, 6) is 0.627. The average Bonchev–Trinajstić information content (AvgIpc) is 2.94. The highest BCUT2D eigenvalue weighted by atomic mass is 16.2. The number of hydrogen-bond donors (Lipinski definition) is 1. The molecular formula is C12H15N7O. The molecule has 0 aliphatic carbocycles. The van der Waals surface area contributed by atoms with Crippen LogP contribution in [0.4, 0.5) is 5.95 Å². The van der Waals surface area contributed by atoms with Gasteiger partial charge in [0.15, 0.2) is 5.69 Å². The molecule has 0 radical (unpaired) electrons. The topological polar surface area (TPSA) is 90.9 Å². The van der Waals surface area contributed by atoms with Gasteiger partial charge in [-0.05, 0) is 13.0 Å². The number of H-pyrrole nitrogens is 1. The van der Waals surface area contributed by atoms with Gasteiger partial charge in [0.1, 0.15) is 0 Å². The van der Waals surface area contributed by atoms with Crippen molar-refractivity contribution < 1.29 is 4.79 Å². The second-order valence-corrected chi connectivity index (χ2v) is 4.59. The Morgan fingerprint density at radius 2 is 1.85 bits per heavy atom. The SMILES string of the molecule is Cc1n[nH]nc1C(=O)N1CCN(c2ncccn2)CC1. The molecule has 0 atom stereocenters. The monoisotopic (exact) mass is 273 g/mol. The van der Waals surface area contributed by atoms with Gasteiger partial charge in [0.25, 0.3) is 5.91 Å². The summed E-state index contributed by atoms with van der Waals surface area (Å²) in [6.07, 6.45) is 3.44. The largest absolute Gasteiger partial charge is 0.337 e. The van der Waals surface area contributed by atoms with Gasteiger partial charge in [-0.15, -0.1) is 0 Å². The van der Waals surface area contributed by atoms with E-state index in [2.05, 4.69) is 30.3 Å². The Morgan fingerprint density at radius 3 is 2.45 bits per heavy atom. The molecule has 0 bridgehead atoms. The van der Waals surface area contributed by atoms with E-state index in [0.29, 0.717) is 43.5 Å². The fraction of sp³-hybridized carbons (Fsp3) is 0.417. The zero-order chi connectivity index (χ0) is 13.9. The number of aryl methyl sites for hydroxylation is 1. The predicted molar refractivity (Wildman–Crippen MR) is 71.3 cm³/mol. The summed E-state index contributed by atoms with van der Waals surface area (Å²) in [6, 6.07) is 1.79. The van der Waals surface area contributed by atoms with E-state index in [1.807, 2.05) is 0 Å². The van der Waals surface area contributed by atoms with Crippen LogP contribution in [0, 0.1) is 6.92 Å². The number of carbonyl (C=O) groups excluding carboxylic acids is 1. The summed E-state index contributed by atoms with van der Waals surface area (Å²) >= 11 is 0. The Labute approximate surface area is 115 Å². The summed E-state index contributed by atoms with van der Waals surface area (Å²) < 4.78 is 0. The van der Waals surface area contributed by atoms with Crippen molar-refractivity contribution in [2.75, 3.05) is 31.1 Å². The van der Waals surface area contributed by atoms with E-state index in [0.717, 1.165) is 0 Å². The van der Waals surface area contributed by atoms with Crippen molar-refractivity contribution in [1.82, 2.24) is 30.3 Å². The Bertz CT molecular complexity index is 589. The van der Waals surface area contributed by atoms with Gasteiger partial charge in [0, 0.05) is 38.6 Å². The molecule has 20 heavy (non-hydrogen) atoms. The second kappa shape index (κ2) is 5.24. The standard InChI is InChI=1S/C12H15N7O/c1-9-10(16-17-15-9)11(20)18-5-7-19(8-6-18)12-13-3-2-4-14-12/h2-4H,5-8H2,1H3,(H,15,16,17). The molecule has 0 spiro atoms. The van der Waals surface area contributed by atoms with Crippen molar-refractivity contribution in [2.45, 2.75) is 6.92 Å². The number of piperazine rings is 1. The Balaban J connectivity index is 1.64. The molecule has 104 valence electrons. The fourth-order valence-corrected chi connectivity index (χ4v) is 2.20. The number of aromatic amines is 1. The summed E-state index contributed by atoms with van der Waals surface area (Å²) in [5.41, 5.74) is 1.03. The highest BCUT2D eigenvalue weighted by molar-refractivity contribution is 5.93. The van der Waals surface area contributed by atoms with Crippen LogP contribution in [0.3, 0.4) is 0 Å². The molecule has 3 rings (SSSR count). The third kappa shape index (κ3) is 2.31. The summed E-state index contributed by atoms with van der Waals surface area (Å²) in [6.45, 7) is 4.46. The Morgan fingerprint density at radius 1 is 1.15 bits per heavy atom. The molecule has 3 heterocycles. The van der Waals surface area contributed by atoms with Crippen molar-refractivity contribution in [3.8, 4) is 0 Å². The van der Waals surface area contributed by atoms with E-state index < -0.39 is 0 Å². The van der Waals surface area contributed by atoms with Crippen molar-refractivity contribution >= 4 is 11.9 Å². The molecule has 1 saturated heterocycles. The molecule has 0 saturated carbocycles. The smallest absolute Gasteiger partial charge is 0.276 e. The van der Waals surface area contributed by atoms with E-state index in [9.17, 15) is 4.79 Å². The van der Waals surface area contributed by atoms with E-state index in [4.69, 9.17) is 0 Å². The lowest BCUT2D eigenvalue weighted by Crippen LogP contribution is -2.49. The van der Waals surface area contributed by atoms with Crippen LogP contribution in [0.1, 0.15) is 16.2 Å². The molecule has 1 aliphatic heterocycles. The van der Waals surface area contributed by atoms with Crippen LogP contribution < -0.4 is 4.90 Å². The first-order valence-electron chi connectivity index (χ1n) is 6.44. The van der Waals surface area contributed by atoms with Crippen molar-refractivity contribution in [3.63, 3.8) is 0 Å². The van der Waals surface area contributed by atoms with Gasteiger partial charge < -0.3 is 9.80 Å². The van der Waals surface area contributed by atoms with E-state index in [-0.39, 0.29) is 5.91 Å². The first-order valence-corrected chi connectivity index (χ1v) is 6.44. The van der Waals surface area contributed by atoms with Crippen molar-refractivity contribution in [2.24, 2.45) is 0 Å². The minimum Gasteiger partial charge on any atom is -0.337 e. The molecule has 1 N–H and O–H groups in total. The third-order valence-electron chi connectivity index (χ3n) is 3.33. The molecule has 2 aromatic heterocycles. The number of nitrogens with zero attached hydrogens (tertiary/aromatic N) is 6.